The van der Waals surface area contributed by atoms with Crippen LogP contribution in [0.4, 0.5) is 0 Å². The smallest absolute Gasteiger partial charge is 0.231 e. The highest BCUT2D eigenvalue weighted by molar-refractivity contribution is 7.99. The molecule has 0 heterocycles. The molecule has 0 spiro atoms. The van der Waals surface area contributed by atoms with E-state index in [0.29, 0.717) is 5.44 Å². The van der Waals surface area contributed by atoms with Crippen molar-refractivity contribution < 1.29 is 4.79 Å². The van der Waals surface area contributed by atoms with Gasteiger partial charge in [0.25, 0.3) is 0 Å². The van der Waals surface area contributed by atoms with E-state index < -0.39 is 7.26 Å². The number of nitrogens with one attached hydrogen (secondary N) is 1. The van der Waals surface area contributed by atoms with Crippen molar-refractivity contribution in [2.45, 2.75) is 6.42 Å². The lowest BCUT2D eigenvalue weighted by molar-refractivity contribution is -0.119. The van der Waals surface area contributed by atoms with Gasteiger partial charge in [-0.3, -0.25) is 10.1 Å². The molecule has 0 aliphatic rings. The van der Waals surface area contributed by atoms with Gasteiger partial charge in [-0.05, 0) is 42.0 Å². The molecule has 164 valence electrons. The molecule has 0 atom stereocenters. The molecule has 4 aromatic carbocycles. The van der Waals surface area contributed by atoms with Crippen LogP contribution in [0.1, 0.15) is 5.56 Å². The standard InChI is InChI=1S/C28H22Cl2NOP/c29-27(30)28(31-26(32)21-22-13-5-1-6-14-22)33(23-15-7-2-8-16-23,24-17-9-3-10-18-24)25-19-11-4-12-20-25/h1-20H,21H2/p+1. The van der Waals surface area contributed by atoms with Crippen molar-refractivity contribution in [1.82, 2.24) is 5.32 Å². The molecule has 0 aliphatic carbocycles. The minimum atomic E-state index is -2.59. The van der Waals surface area contributed by atoms with Crippen LogP contribution in [0.3, 0.4) is 0 Å². The van der Waals surface area contributed by atoms with Crippen LogP contribution in [-0.2, 0) is 11.2 Å². The minimum Gasteiger partial charge on any atom is -0.294 e. The van der Waals surface area contributed by atoms with Gasteiger partial charge in [-0.25, -0.2) is 0 Å². The highest BCUT2D eigenvalue weighted by Crippen LogP contribution is 2.63. The van der Waals surface area contributed by atoms with Crippen molar-refractivity contribution in [3.8, 4) is 0 Å². The van der Waals surface area contributed by atoms with Crippen molar-refractivity contribution in [3.63, 3.8) is 0 Å². The van der Waals surface area contributed by atoms with Crippen molar-refractivity contribution in [2.75, 3.05) is 0 Å². The molecule has 4 aromatic rings. The third kappa shape index (κ3) is 5.04. The van der Waals surface area contributed by atoms with Crippen LogP contribution in [-0.4, -0.2) is 5.91 Å². The second kappa shape index (κ2) is 10.8. The first kappa shape index (κ1) is 23.3. The van der Waals surface area contributed by atoms with Gasteiger partial charge < -0.3 is 0 Å². The molecule has 2 nitrogen and oxygen atoms in total. The van der Waals surface area contributed by atoms with Gasteiger partial charge in [0.15, 0.2) is 11.8 Å². The van der Waals surface area contributed by atoms with Gasteiger partial charge >= 0.3 is 0 Å². The van der Waals surface area contributed by atoms with Gasteiger partial charge in [-0.2, -0.15) is 0 Å². The number of benzene rings is 4. The summed E-state index contributed by atoms with van der Waals surface area (Å²) < 4.78 is 0.0568. The summed E-state index contributed by atoms with van der Waals surface area (Å²) in [7, 11) is -2.59. The molecule has 4 rings (SSSR count). The lowest BCUT2D eigenvalue weighted by Gasteiger charge is -2.29. The second-order valence-electron chi connectivity index (χ2n) is 7.50. The number of amides is 1. The highest BCUT2D eigenvalue weighted by Gasteiger charge is 2.52. The molecular weight excluding hydrogens is 468 g/mol. The number of carbonyl (C=O) groups is 1. The van der Waals surface area contributed by atoms with Crippen LogP contribution in [0.25, 0.3) is 0 Å². The maximum atomic E-state index is 13.2. The molecular formula is C28H23Cl2NOP+. The zero-order valence-electron chi connectivity index (χ0n) is 17.9. The SMILES string of the molecule is O=C(Cc1ccccc1)NC(=C(Cl)Cl)[P+](c1ccccc1)(c1ccccc1)c1ccccc1. The Hall–Kier alpha value is -2.90. The topological polar surface area (TPSA) is 29.1 Å². The van der Waals surface area contributed by atoms with Gasteiger partial charge in [0.05, 0.1) is 6.42 Å². The van der Waals surface area contributed by atoms with Crippen LogP contribution in [0, 0.1) is 0 Å². The van der Waals surface area contributed by atoms with E-state index in [2.05, 4.69) is 41.7 Å². The average Bonchev–Trinajstić information content (AvgIpc) is 2.86. The molecule has 0 unspecified atom stereocenters. The minimum absolute atomic E-state index is 0.0568. The molecule has 0 aromatic heterocycles. The van der Waals surface area contributed by atoms with E-state index in [1.54, 1.807) is 0 Å². The van der Waals surface area contributed by atoms with Gasteiger partial charge in [0.2, 0.25) is 11.3 Å². The molecule has 0 fully saturated rings. The second-order valence-corrected chi connectivity index (χ2v) is 11.8. The van der Waals surface area contributed by atoms with Gasteiger partial charge in [0.1, 0.15) is 15.9 Å². The summed E-state index contributed by atoms with van der Waals surface area (Å²) in [5.41, 5.74) is 1.46. The lowest BCUT2D eigenvalue weighted by Crippen LogP contribution is -2.39. The summed E-state index contributed by atoms with van der Waals surface area (Å²) in [5.74, 6) is -0.165. The first-order chi connectivity index (χ1) is 16.1. The van der Waals surface area contributed by atoms with Gasteiger partial charge in [0, 0.05) is 0 Å². The summed E-state index contributed by atoms with van der Waals surface area (Å²) >= 11 is 13.2. The quantitative estimate of drug-likeness (QED) is 0.319. The zero-order chi connectivity index (χ0) is 23.1. The Morgan fingerprint density at radius 2 is 0.970 bits per heavy atom. The summed E-state index contributed by atoms with van der Waals surface area (Å²) in [6.45, 7) is 0. The lowest BCUT2D eigenvalue weighted by atomic mass is 10.1. The van der Waals surface area contributed by atoms with Gasteiger partial charge in [-0.1, -0.05) is 108 Å². The Balaban J connectivity index is 1.92. The van der Waals surface area contributed by atoms with E-state index >= 15 is 0 Å². The average molecular weight is 491 g/mol. The zero-order valence-corrected chi connectivity index (χ0v) is 20.3. The van der Waals surface area contributed by atoms with E-state index in [0.717, 1.165) is 21.5 Å². The van der Waals surface area contributed by atoms with Crippen molar-refractivity contribution in [1.29, 1.82) is 0 Å². The predicted octanol–water partition coefficient (Wildman–Crippen LogP) is 5.94. The Morgan fingerprint density at radius 3 is 1.33 bits per heavy atom. The largest absolute Gasteiger partial charge is 0.294 e. The Kier molecular flexibility index (Phi) is 7.62. The number of hydrogen-bond acceptors (Lipinski definition) is 1. The molecule has 0 aliphatic heterocycles. The van der Waals surface area contributed by atoms with E-state index in [1.165, 1.54) is 0 Å². The molecule has 1 N–H and O–H groups in total. The number of halogens is 2. The van der Waals surface area contributed by atoms with Gasteiger partial charge in [-0.15, -0.1) is 0 Å². The van der Waals surface area contributed by atoms with Crippen LogP contribution >= 0.6 is 30.5 Å². The maximum Gasteiger partial charge on any atom is 0.231 e. The van der Waals surface area contributed by atoms with Crippen molar-refractivity contribution in [2.24, 2.45) is 0 Å². The van der Waals surface area contributed by atoms with E-state index in [1.807, 2.05) is 84.9 Å². The predicted molar refractivity (Wildman–Crippen MR) is 142 cm³/mol. The van der Waals surface area contributed by atoms with E-state index in [4.69, 9.17) is 23.2 Å². The van der Waals surface area contributed by atoms with Crippen LogP contribution in [0.2, 0.25) is 0 Å². The summed E-state index contributed by atoms with van der Waals surface area (Å²) in [6, 6.07) is 40.0. The Bertz CT molecular complexity index is 1130. The maximum absolute atomic E-state index is 13.2. The fourth-order valence-corrected chi connectivity index (χ4v) is 8.93. The number of rotatable bonds is 7. The summed E-state index contributed by atoms with van der Waals surface area (Å²) in [6.07, 6.45) is 0.226. The summed E-state index contributed by atoms with van der Waals surface area (Å²) in [4.78, 5) is 13.2. The highest BCUT2D eigenvalue weighted by atomic mass is 35.5. The fourth-order valence-electron chi connectivity index (χ4n) is 4.00. The molecule has 0 radical (unpaired) electrons. The first-order valence-corrected chi connectivity index (χ1v) is 13.1. The van der Waals surface area contributed by atoms with Crippen LogP contribution in [0.15, 0.2) is 131 Å². The van der Waals surface area contributed by atoms with E-state index in [-0.39, 0.29) is 16.8 Å². The third-order valence-electron chi connectivity index (χ3n) is 5.41. The third-order valence-corrected chi connectivity index (χ3v) is 10.3. The van der Waals surface area contributed by atoms with Crippen molar-refractivity contribution in [3.05, 3.63) is 137 Å². The number of carbonyl (C=O) groups excluding carboxylic acids is 1. The molecule has 0 saturated carbocycles. The monoisotopic (exact) mass is 490 g/mol. The molecule has 0 saturated heterocycles. The van der Waals surface area contributed by atoms with Crippen LogP contribution in [0.5, 0.6) is 0 Å². The summed E-state index contributed by atoms with van der Waals surface area (Å²) in [5, 5.41) is 6.28. The van der Waals surface area contributed by atoms with Crippen LogP contribution < -0.4 is 21.2 Å². The molecule has 0 bridgehead atoms. The molecule has 33 heavy (non-hydrogen) atoms. The Labute approximate surface area is 205 Å². The Morgan fingerprint density at radius 1 is 0.606 bits per heavy atom. The first-order valence-electron chi connectivity index (χ1n) is 10.6. The fraction of sp³-hybridized carbons (Fsp3) is 0.0357. The van der Waals surface area contributed by atoms with E-state index in [9.17, 15) is 4.79 Å². The van der Waals surface area contributed by atoms with Crippen molar-refractivity contribution >= 4 is 52.3 Å². The number of hydrogen-bond donors (Lipinski definition) is 1. The molecule has 5 heteroatoms. The molecule has 1 amide bonds. The normalized spacial score (nSPS) is 11.0.